The summed E-state index contributed by atoms with van der Waals surface area (Å²) in [4.78, 5) is 5.80. The highest BCUT2D eigenvalue weighted by molar-refractivity contribution is 8.03. The number of nitrogens with zero attached hydrogens (tertiary/aromatic N) is 1. The molecule has 82 valence electrons. The number of pyridine rings is 1. The minimum absolute atomic E-state index is 0.554. The van der Waals surface area contributed by atoms with Crippen molar-refractivity contribution in [2.24, 2.45) is 0 Å². The second kappa shape index (κ2) is 5.36. The van der Waals surface area contributed by atoms with Gasteiger partial charge in [-0.1, -0.05) is 37.8 Å². The maximum Gasteiger partial charge on any atom is 0.103 e. The number of hydrogen-bond acceptors (Lipinski definition) is 2. The van der Waals surface area contributed by atoms with Gasteiger partial charge >= 0.3 is 0 Å². The van der Waals surface area contributed by atoms with Gasteiger partial charge in [0.15, 0.2) is 0 Å². The van der Waals surface area contributed by atoms with Gasteiger partial charge in [0.2, 0.25) is 0 Å². The molecular weight excluding hydrogens is 202 g/mol. The quantitative estimate of drug-likeness (QED) is 0.695. The number of hydrogen-bond donors (Lipinski definition) is 0. The third-order valence-corrected chi connectivity index (χ3v) is 3.56. The fourth-order valence-corrected chi connectivity index (χ4v) is 1.97. The van der Waals surface area contributed by atoms with Gasteiger partial charge in [-0.25, -0.2) is 4.98 Å². The second-order valence-corrected chi connectivity index (χ2v) is 5.28. The Kier molecular flexibility index (Phi) is 4.40. The van der Waals surface area contributed by atoms with E-state index in [1.807, 2.05) is 6.20 Å². The summed E-state index contributed by atoms with van der Waals surface area (Å²) < 4.78 is 0. The van der Waals surface area contributed by atoms with E-state index >= 15 is 0 Å². The van der Waals surface area contributed by atoms with E-state index in [1.165, 1.54) is 16.0 Å². The largest absolute Gasteiger partial charge is 0.249 e. The van der Waals surface area contributed by atoms with E-state index in [9.17, 15) is 0 Å². The second-order valence-electron chi connectivity index (χ2n) is 4.05. The molecule has 0 radical (unpaired) electrons. The first-order valence-electron chi connectivity index (χ1n) is 5.32. The van der Waals surface area contributed by atoms with Crippen molar-refractivity contribution in [3.05, 3.63) is 34.4 Å². The molecule has 1 nitrogen and oxygen atoms in total. The molecule has 0 spiro atoms. The van der Waals surface area contributed by atoms with Gasteiger partial charge in [-0.05, 0) is 42.7 Å². The lowest BCUT2D eigenvalue weighted by atomic mass is 10.0. The highest BCUT2D eigenvalue weighted by Gasteiger charge is 2.05. The van der Waals surface area contributed by atoms with Crippen LogP contribution in [0.1, 0.15) is 44.7 Å². The smallest absolute Gasteiger partial charge is 0.103 e. The van der Waals surface area contributed by atoms with Crippen LogP contribution in [-0.2, 0) is 0 Å². The number of allylic oxidation sites excluding steroid dienone is 2. The Balaban J connectivity index is 2.93. The third kappa shape index (κ3) is 3.38. The molecule has 1 heterocycles. The molecule has 1 aromatic rings. The Morgan fingerprint density at radius 1 is 1.47 bits per heavy atom. The Morgan fingerprint density at radius 3 is 2.60 bits per heavy atom. The van der Waals surface area contributed by atoms with Crippen molar-refractivity contribution in [2.75, 3.05) is 0 Å². The Morgan fingerprint density at radius 2 is 2.13 bits per heavy atom. The van der Waals surface area contributed by atoms with Gasteiger partial charge < -0.3 is 0 Å². The van der Waals surface area contributed by atoms with Gasteiger partial charge in [0.05, 0.1) is 0 Å². The third-order valence-electron chi connectivity index (χ3n) is 2.38. The molecule has 15 heavy (non-hydrogen) atoms. The summed E-state index contributed by atoms with van der Waals surface area (Å²) in [5, 5.41) is 1.12. The zero-order chi connectivity index (χ0) is 11.4. The molecule has 1 aromatic heterocycles. The first-order chi connectivity index (χ1) is 7.04. The summed E-state index contributed by atoms with van der Waals surface area (Å²) in [5.74, 6) is 0.554. The highest BCUT2D eigenvalue weighted by atomic mass is 32.2. The highest BCUT2D eigenvalue weighted by Crippen LogP contribution is 2.28. The molecule has 0 bridgehead atoms. The molecule has 0 atom stereocenters. The van der Waals surface area contributed by atoms with Crippen molar-refractivity contribution < 1.29 is 0 Å². The Labute approximate surface area is 97.0 Å². The first-order valence-corrected chi connectivity index (χ1v) is 6.13. The number of aromatic nitrogens is 1. The van der Waals surface area contributed by atoms with Gasteiger partial charge in [-0.15, -0.1) is 0 Å². The molecule has 0 N–H and O–H groups in total. The lowest BCUT2D eigenvalue weighted by Gasteiger charge is -2.09. The van der Waals surface area contributed by atoms with E-state index < -0.39 is 0 Å². The molecule has 0 amide bonds. The van der Waals surface area contributed by atoms with E-state index in [0.717, 1.165) is 5.03 Å². The minimum atomic E-state index is 0.554. The molecular formula is C13H19NS. The van der Waals surface area contributed by atoms with Crippen molar-refractivity contribution >= 4 is 11.8 Å². The van der Waals surface area contributed by atoms with Crippen LogP contribution in [0.25, 0.3) is 0 Å². The topological polar surface area (TPSA) is 12.9 Å². The molecule has 0 fully saturated rings. The SMILES string of the molecule is C/C=C(\C)Sc1ncc(C(C)C)cc1C. The fourth-order valence-electron chi connectivity index (χ4n) is 1.22. The molecule has 0 aliphatic heterocycles. The Bertz CT molecular complexity index is 367. The molecule has 0 unspecified atom stereocenters. The predicted octanol–water partition coefficient (Wildman–Crippen LogP) is 4.53. The van der Waals surface area contributed by atoms with E-state index in [4.69, 9.17) is 0 Å². The summed E-state index contributed by atoms with van der Waals surface area (Å²) in [5.41, 5.74) is 2.59. The van der Waals surface area contributed by atoms with Crippen molar-refractivity contribution in [3.8, 4) is 0 Å². The van der Waals surface area contributed by atoms with Crippen molar-refractivity contribution in [2.45, 2.75) is 45.6 Å². The van der Waals surface area contributed by atoms with E-state index in [1.54, 1.807) is 11.8 Å². The lowest BCUT2D eigenvalue weighted by molar-refractivity contribution is 0.845. The number of rotatable bonds is 3. The van der Waals surface area contributed by atoms with Gasteiger partial charge in [0, 0.05) is 6.20 Å². The molecule has 2 heteroatoms. The van der Waals surface area contributed by atoms with Crippen molar-refractivity contribution in [1.82, 2.24) is 4.98 Å². The maximum absolute atomic E-state index is 4.51. The lowest BCUT2D eigenvalue weighted by Crippen LogP contribution is -1.93. The molecule has 0 saturated heterocycles. The minimum Gasteiger partial charge on any atom is -0.249 e. The fraction of sp³-hybridized carbons (Fsp3) is 0.462. The normalized spacial score (nSPS) is 12.3. The zero-order valence-corrected chi connectivity index (χ0v) is 11.0. The Hall–Kier alpha value is -0.760. The molecule has 0 aromatic carbocycles. The molecule has 0 saturated carbocycles. The van der Waals surface area contributed by atoms with Gasteiger partial charge in [0.1, 0.15) is 5.03 Å². The summed E-state index contributed by atoms with van der Waals surface area (Å²) in [6.45, 7) is 10.7. The average Bonchev–Trinajstić information content (AvgIpc) is 2.20. The van der Waals surface area contributed by atoms with Crippen LogP contribution in [0.15, 0.2) is 28.3 Å². The van der Waals surface area contributed by atoms with Crippen LogP contribution < -0.4 is 0 Å². The van der Waals surface area contributed by atoms with Crippen LogP contribution in [0.4, 0.5) is 0 Å². The van der Waals surface area contributed by atoms with Crippen LogP contribution in [-0.4, -0.2) is 4.98 Å². The van der Waals surface area contributed by atoms with E-state index in [2.05, 4.69) is 51.7 Å². The molecule has 1 rings (SSSR count). The van der Waals surface area contributed by atoms with E-state index in [-0.39, 0.29) is 0 Å². The van der Waals surface area contributed by atoms with Crippen molar-refractivity contribution in [1.29, 1.82) is 0 Å². The van der Waals surface area contributed by atoms with Crippen LogP contribution in [0.3, 0.4) is 0 Å². The number of thioether (sulfide) groups is 1. The average molecular weight is 221 g/mol. The van der Waals surface area contributed by atoms with E-state index in [0.29, 0.717) is 5.92 Å². The summed E-state index contributed by atoms with van der Waals surface area (Å²) >= 11 is 1.74. The summed E-state index contributed by atoms with van der Waals surface area (Å²) in [7, 11) is 0. The van der Waals surface area contributed by atoms with Gasteiger partial charge in [-0.3, -0.25) is 0 Å². The molecule has 0 aliphatic rings. The zero-order valence-electron chi connectivity index (χ0n) is 10.2. The summed E-state index contributed by atoms with van der Waals surface area (Å²) in [6, 6.07) is 2.24. The summed E-state index contributed by atoms with van der Waals surface area (Å²) in [6.07, 6.45) is 4.10. The standard InChI is InChI=1S/C13H19NS/c1-6-11(5)15-13-10(4)7-12(8-14-13)9(2)3/h6-9H,1-5H3/b11-6+. The predicted molar refractivity (Wildman–Crippen MR) is 68.4 cm³/mol. The van der Waals surface area contributed by atoms with Crippen molar-refractivity contribution in [3.63, 3.8) is 0 Å². The maximum atomic E-state index is 4.51. The molecule has 0 aliphatic carbocycles. The first kappa shape index (κ1) is 12.3. The van der Waals surface area contributed by atoms with Crippen LogP contribution in [0, 0.1) is 6.92 Å². The number of aryl methyl sites for hydroxylation is 1. The van der Waals surface area contributed by atoms with Crippen LogP contribution >= 0.6 is 11.8 Å². The monoisotopic (exact) mass is 221 g/mol. The van der Waals surface area contributed by atoms with Gasteiger partial charge in [-0.2, -0.15) is 0 Å². The van der Waals surface area contributed by atoms with Crippen LogP contribution in [0.5, 0.6) is 0 Å². The van der Waals surface area contributed by atoms with Gasteiger partial charge in [0.25, 0.3) is 0 Å². The van der Waals surface area contributed by atoms with Crippen LogP contribution in [0.2, 0.25) is 0 Å².